The van der Waals surface area contributed by atoms with Crippen LogP contribution in [0.1, 0.15) is 63.9 Å². The highest BCUT2D eigenvalue weighted by atomic mass is 35.5. The lowest BCUT2D eigenvalue weighted by Gasteiger charge is -2.12. The van der Waals surface area contributed by atoms with Crippen LogP contribution in [0.5, 0.6) is 0 Å². The van der Waals surface area contributed by atoms with E-state index in [1.165, 1.54) is 50.6 Å². The molecule has 0 aliphatic rings. The minimum atomic E-state index is 0. The van der Waals surface area contributed by atoms with Crippen molar-refractivity contribution < 1.29 is 0 Å². The number of hydrogen-bond acceptors (Lipinski definition) is 1. The third kappa shape index (κ3) is 9.07. The maximum Gasteiger partial charge on any atom is 0.00174 e. The van der Waals surface area contributed by atoms with Gasteiger partial charge in [-0.15, -0.1) is 12.4 Å². The standard InChI is InChI=1S/C17H29N.ClH/c1-3-4-5-6-7-11-14-18-15-16(2)17-12-9-8-10-13-17;/h8-10,12-13,16,18H,3-7,11,14-15H2,1-2H3;1H. The fourth-order valence-corrected chi connectivity index (χ4v) is 2.25. The quantitative estimate of drug-likeness (QED) is 0.585. The second kappa shape index (κ2) is 12.5. The number of nitrogens with one attached hydrogen (secondary N) is 1. The first-order valence-electron chi connectivity index (χ1n) is 7.60. The van der Waals surface area contributed by atoms with Gasteiger partial charge in [-0.3, -0.25) is 0 Å². The summed E-state index contributed by atoms with van der Waals surface area (Å²) in [6, 6.07) is 10.8. The molecule has 19 heavy (non-hydrogen) atoms. The SMILES string of the molecule is CCCCCCCCNCC(C)c1ccccc1.Cl. The Morgan fingerprint density at radius 1 is 0.947 bits per heavy atom. The number of benzene rings is 1. The lowest BCUT2D eigenvalue weighted by atomic mass is 10.0. The fourth-order valence-electron chi connectivity index (χ4n) is 2.25. The van der Waals surface area contributed by atoms with Crippen LogP contribution in [0.4, 0.5) is 0 Å². The Morgan fingerprint density at radius 2 is 1.58 bits per heavy atom. The summed E-state index contributed by atoms with van der Waals surface area (Å²) < 4.78 is 0. The van der Waals surface area contributed by atoms with Crippen molar-refractivity contribution in [3.05, 3.63) is 35.9 Å². The van der Waals surface area contributed by atoms with Crippen LogP contribution in [-0.4, -0.2) is 13.1 Å². The molecule has 1 N–H and O–H groups in total. The van der Waals surface area contributed by atoms with Crippen molar-refractivity contribution >= 4 is 12.4 Å². The van der Waals surface area contributed by atoms with Crippen LogP contribution in [0.25, 0.3) is 0 Å². The molecule has 0 aliphatic heterocycles. The van der Waals surface area contributed by atoms with Gasteiger partial charge in [0.25, 0.3) is 0 Å². The molecular formula is C17H30ClN. The molecular weight excluding hydrogens is 254 g/mol. The predicted octanol–water partition coefficient (Wildman–Crippen LogP) is 5.16. The molecule has 1 atom stereocenters. The van der Waals surface area contributed by atoms with Crippen LogP contribution < -0.4 is 5.32 Å². The molecule has 0 saturated carbocycles. The topological polar surface area (TPSA) is 12.0 Å². The van der Waals surface area contributed by atoms with Gasteiger partial charge in [0, 0.05) is 6.54 Å². The molecule has 1 aromatic rings. The second-order valence-electron chi connectivity index (χ2n) is 5.28. The summed E-state index contributed by atoms with van der Waals surface area (Å²) in [5.74, 6) is 0.617. The summed E-state index contributed by atoms with van der Waals surface area (Å²) in [4.78, 5) is 0. The monoisotopic (exact) mass is 283 g/mol. The molecule has 0 heterocycles. The van der Waals surface area contributed by atoms with Crippen molar-refractivity contribution in [1.29, 1.82) is 0 Å². The lowest BCUT2D eigenvalue weighted by Crippen LogP contribution is -2.21. The molecule has 0 radical (unpaired) electrons. The van der Waals surface area contributed by atoms with Crippen molar-refractivity contribution in [3.8, 4) is 0 Å². The first-order valence-corrected chi connectivity index (χ1v) is 7.60. The van der Waals surface area contributed by atoms with Crippen LogP contribution in [0.3, 0.4) is 0 Å². The highest BCUT2D eigenvalue weighted by Gasteiger charge is 2.03. The van der Waals surface area contributed by atoms with Gasteiger partial charge in [0.2, 0.25) is 0 Å². The van der Waals surface area contributed by atoms with Gasteiger partial charge in [0.1, 0.15) is 0 Å². The zero-order chi connectivity index (χ0) is 13.1. The number of halogens is 1. The third-order valence-corrected chi connectivity index (χ3v) is 3.53. The normalized spacial score (nSPS) is 11.9. The van der Waals surface area contributed by atoms with Crippen molar-refractivity contribution in [2.75, 3.05) is 13.1 Å². The van der Waals surface area contributed by atoms with E-state index in [-0.39, 0.29) is 12.4 Å². The van der Waals surface area contributed by atoms with Crippen LogP contribution in [0.2, 0.25) is 0 Å². The summed E-state index contributed by atoms with van der Waals surface area (Å²) in [5, 5.41) is 3.57. The van der Waals surface area contributed by atoms with Gasteiger partial charge in [-0.2, -0.15) is 0 Å². The van der Waals surface area contributed by atoms with Crippen LogP contribution in [0, 0.1) is 0 Å². The van der Waals surface area contributed by atoms with Gasteiger partial charge in [-0.1, -0.05) is 76.3 Å². The van der Waals surface area contributed by atoms with E-state index >= 15 is 0 Å². The summed E-state index contributed by atoms with van der Waals surface area (Å²) in [6.07, 6.45) is 8.27. The molecule has 1 nitrogen and oxygen atoms in total. The van der Waals surface area contributed by atoms with E-state index in [4.69, 9.17) is 0 Å². The first-order chi connectivity index (χ1) is 8.84. The molecule has 1 aromatic carbocycles. The summed E-state index contributed by atoms with van der Waals surface area (Å²) in [6.45, 7) is 6.83. The Balaban J connectivity index is 0.00000324. The minimum absolute atomic E-state index is 0. The maximum absolute atomic E-state index is 3.57. The summed E-state index contributed by atoms with van der Waals surface area (Å²) in [7, 11) is 0. The van der Waals surface area contributed by atoms with E-state index in [0.717, 1.165) is 6.54 Å². The van der Waals surface area contributed by atoms with Crippen molar-refractivity contribution in [1.82, 2.24) is 5.32 Å². The molecule has 0 spiro atoms. The summed E-state index contributed by atoms with van der Waals surface area (Å²) in [5.41, 5.74) is 1.44. The first kappa shape index (κ1) is 18.5. The van der Waals surface area contributed by atoms with E-state index in [1.54, 1.807) is 0 Å². The molecule has 0 amide bonds. The highest BCUT2D eigenvalue weighted by Crippen LogP contribution is 2.13. The Labute approximate surface area is 125 Å². The van der Waals surface area contributed by atoms with Crippen LogP contribution in [0.15, 0.2) is 30.3 Å². The van der Waals surface area contributed by atoms with Crippen molar-refractivity contribution in [3.63, 3.8) is 0 Å². The predicted molar refractivity (Wildman–Crippen MR) is 88.4 cm³/mol. The minimum Gasteiger partial charge on any atom is -0.316 e. The molecule has 0 aliphatic carbocycles. The molecule has 0 fully saturated rings. The Kier molecular flexibility index (Phi) is 12.2. The van der Waals surface area contributed by atoms with Gasteiger partial charge in [0.05, 0.1) is 0 Å². The second-order valence-corrected chi connectivity index (χ2v) is 5.28. The van der Waals surface area contributed by atoms with Crippen LogP contribution >= 0.6 is 12.4 Å². The molecule has 1 unspecified atom stereocenters. The van der Waals surface area contributed by atoms with Gasteiger partial charge in [-0.05, 0) is 24.4 Å². The summed E-state index contributed by atoms with van der Waals surface area (Å²) >= 11 is 0. The molecule has 110 valence electrons. The molecule has 0 saturated heterocycles. The largest absolute Gasteiger partial charge is 0.316 e. The van der Waals surface area contributed by atoms with Gasteiger partial charge < -0.3 is 5.32 Å². The number of rotatable bonds is 10. The van der Waals surface area contributed by atoms with E-state index in [0.29, 0.717) is 5.92 Å². The third-order valence-electron chi connectivity index (χ3n) is 3.53. The Hall–Kier alpha value is -0.530. The molecule has 0 aromatic heterocycles. The Morgan fingerprint density at radius 3 is 2.26 bits per heavy atom. The fraction of sp³-hybridized carbons (Fsp3) is 0.647. The molecule has 2 heteroatoms. The van der Waals surface area contributed by atoms with E-state index in [9.17, 15) is 0 Å². The number of hydrogen-bond donors (Lipinski definition) is 1. The van der Waals surface area contributed by atoms with Gasteiger partial charge in [-0.25, -0.2) is 0 Å². The highest BCUT2D eigenvalue weighted by molar-refractivity contribution is 5.85. The van der Waals surface area contributed by atoms with E-state index in [2.05, 4.69) is 49.5 Å². The smallest absolute Gasteiger partial charge is 0.00174 e. The van der Waals surface area contributed by atoms with Gasteiger partial charge in [0.15, 0.2) is 0 Å². The van der Waals surface area contributed by atoms with Crippen molar-refractivity contribution in [2.45, 2.75) is 58.3 Å². The molecule has 0 bridgehead atoms. The zero-order valence-electron chi connectivity index (χ0n) is 12.5. The van der Waals surface area contributed by atoms with Crippen molar-refractivity contribution in [2.24, 2.45) is 0 Å². The average molecular weight is 284 g/mol. The lowest BCUT2D eigenvalue weighted by molar-refractivity contribution is 0.553. The zero-order valence-corrected chi connectivity index (χ0v) is 13.3. The van der Waals surface area contributed by atoms with E-state index in [1.807, 2.05) is 0 Å². The number of unbranched alkanes of at least 4 members (excludes halogenated alkanes) is 5. The van der Waals surface area contributed by atoms with E-state index < -0.39 is 0 Å². The van der Waals surface area contributed by atoms with Gasteiger partial charge >= 0.3 is 0 Å². The molecule has 1 rings (SSSR count). The van der Waals surface area contributed by atoms with Crippen LogP contribution in [-0.2, 0) is 0 Å². The Bertz CT molecular complexity index is 287. The maximum atomic E-state index is 3.57. The average Bonchev–Trinajstić information content (AvgIpc) is 2.42.